The van der Waals surface area contributed by atoms with Crippen LogP contribution in [0.1, 0.15) is 32.6 Å². The highest BCUT2D eigenvalue weighted by molar-refractivity contribution is 4.99. The molecule has 0 unspecified atom stereocenters. The molecule has 2 nitrogen and oxygen atoms in total. The van der Waals surface area contributed by atoms with Gasteiger partial charge in [-0.05, 0) is 45.1 Å². The Hall–Kier alpha value is -0.340. The molecule has 1 fully saturated rings. The van der Waals surface area contributed by atoms with Crippen molar-refractivity contribution in [3.05, 3.63) is 11.6 Å². The molecule has 2 heteroatoms. The van der Waals surface area contributed by atoms with Crippen LogP contribution in [-0.4, -0.2) is 19.8 Å². The predicted molar refractivity (Wildman–Crippen MR) is 55.6 cm³/mol. The molecule has 1 saturated heterocycles. The Bertz CT molecular complexity index is 159. The van der Waals surface area contributed by atoms with Crippen molar-refractivity contribution in [2.45, 2.75) is 32.6 Å². The molecule has 1 aliphatic heterocycles. The first-order valence-corrected chi connectivity index (χ1v) is 5.26. The molecule has 0 radical (unpaired) electrons. The maximum Gasteiger partial charge on any atom is 0.0468 e. The van der Waals surface area contributed by atoms with E-state index >= 15 is 0 Å². The van der Waals surface area contributed by atoms with E-state index in [9.17, 15) is 0 Å². The fourth-order valence-electron chi connectivity index (χ4n) is 1.82. The highest BCUT2D eigenvalue weighted by Crippen LogP contribution is 2.22. The highest BCUT2D eigenvalue weighted by Gasteiger charge is 2.13. The number of hydrogen-bond acceptors (Lipinski definition) is 2. The lowest BCUT2D eigenvalue weighted by molar-refractivity contribution is 0.0665. The SMILES string of the molecule is CC(=CCCN)CC1CCOCC1. The topological polar surface area (TPSA) is 35.2 Å². The van der Waals surface area contributed by atoms with Gasteiger partial charge in [-0.15, -0.1) is 0 Å². The second kappa shape index (κ2) is 6.17. The van der Waals surface area contributed by atoms with Gasteiger partial charge in [-0.25, -0.2) is 0 Å². The Morgan fingerprint density at radius 2 is 2.15 bits per heavy atom. The fraction of sp³-hybridized carbons (Fsp3) is 0.818. The number of rotatable bonds is 4. The Balaban J connectivity index is 2.21. The Morgan fingerprint density at radius 1 is 1.46 bits per heavy atom. The fourth-order valence-corrected chi connectivity index (χ4v) is 1.82. The molecule has 2 N–H and O–H groups in total. The molecule has 1 aliphatic rings. The first-order valence-electron chi connectivity index (χ1n) is 5.26. The molecule has 0 saturated carbocycles. The molecule has 76 valence electrons. The standard InChI is InChI=1S/C11H21NO/c1-10(3-2-6-12)9-11-4-7-13-8-5-11/h3,11H,2,4-9,12H2,1H3. The van der Waals surface area contributed by atoms with Crippen molar-refractivity contribution < 1.29 is 4.74 Å². The second-order valence-electron chi connectivity index (χ2n) is 3.89. The molecule has 0 spiro atoms. The van der Waals surface area contributed by atoms with E-state index in [0.717, 1.165) is 32.1 Å². The lowest BCUT2D eigenvalue weighted by Gasteiger charge is -2.22. The minimum Gasteiger partial charge on any atom is -0.381 e. The number of allylic oxidation sites excluding steroid dienone is 1. The molecular weight excluding hydrogens is 162 g/mol. The van der Waals surface area contributed by atoms with Gasteiger partial charge in [-0.3, -0.25) is 0 Å². The van der Waals surface area contributed by atoms with Gasteiger partial charge in [-0.2, -0.15) is 0 Å². The van der Waals surface area contributed by atoms with E-state index in [1.165, 1.54) is 24.8 Å². The molecule has 0 bridgehead atoms. The third kappa shape index (κ3) is 4.44. The van der Waals surface area contributed by atoms with Crippen LogP contribution >= 0.6 is 0 Å². The molecule has 0 aromatic carbocycles. The number of nitrogens with two attached hydrogens (primary N) is 1. The van der Waals surface area contributed by atoms with Gasteiger partial charge in [0.2, 0.25) is 0 Å². The summed E-state index contributed by atoms with van der Waals surface area (Å²) in [6, 6.07) is 0. The summed E-state index contributed by atoms with van der Waals surface area (Å²) in [5.74, 6) is 0.850. The average molecular weight is 183 g/mol. The van der Waals surface area contributed by atoms with Gasteiger partial charge in [0.25, 0.3) is 0 Å². The zero-order valence-electron chi connectivity index (χ0n) is 8.59. The molecule has 0 atom stereocenters. The molecule has 1 rings (SSSR count). The Kier molecular flexibility index (Phi) is 5.09. The predicted octanol–water partition coefficient (Wildman–Crippen LogP) is 2.10. The van der Waals surface area contributed by atoms with Gasteiger partial charge < -0.3 is 10.5 Å². The average Bonchev–Trinajstić information content (AvgIpc) is 2.16. The van der Waals surface area contributed by atoms with Gasteiger partial charge in [0, 0.05) is 13.2 Å². The lowest BCUT2D eigenvalue weighted by atomic mass is 9.92. The zero-order valence-corrected chi connectivity index (χ0v) is 8.59. The smallest absolute Gasteiger partial charge is 0.0468 e. The Morgan fingerprint density at radius 3 is 2.77 bits per heavy atom. The maximum absolute atomic E-state index is 5.45. The monoisotopic (exact) mass is 183 g/mol. The van der Waals surface area contributed by atoms with Gasteiger partial charge in [0.1, 0.15) is 0 Å². The summed E-state index contributed by atoms with van der Waals surface area (Å²) in [5.41, 5.74) is 6.94. The van der Waals surface area contributed by atoms with Gasteiger partial charge in [0.05, 0.1) is 0 Å². The van der Waals surface area contributed by atoms with E-state index in [2.05, 4.69) is 13.0 Å². The quantitative estimate of drug-likeness (QED) is 0.677. The molecule has 0 aliphatic carbocycles. The van der Waals surface area contributed by atoms with E-state index in [4.69, 9.17) is 10.5 Å². The van der Waals surface area contributed by atoms with Crippen molar-refractivity contribution >= 4 is 0 Å². The summed E-state index contributed by atoms with van der Waals surface area (Å²) in [4.78, 5) is 0. The summed E-state index contributed by atoms with van der Waals surface area (Å²) >= 11 is 0. The van der Waals surface area contributed by atoms with Crippen molar-refractivity contribution in [2.75, 3.05) is 19.8 Å². The third-order valence-electron chi connectivity index (χ3n) is 2.61. The van der Waals surface area contributed by atoms with E-state index in [0.29, 0.717) is 0 Å². The summed E-state index contributed by atoms with van der Waals surface area (Å²) < 4.78 is 5.32. The van der Waals surface area contributed by atoms with Crippen LogP contribution in [0.3, 0.4) is 0 Å². The molecule has 0 amide bonds. The number of ether oxygens (including phenoxy) is 1. The van der Waals surface area contributed by atoms with Crippen LogP contribution in [0.5, 0.6) is 0 Å². The van der Waals surface area contributed by atoms with E-state index in [1.54, 1.807) is 0 Å². The molecule has 0 aromatic heterocycles. The second-order valence-corrected chi connectivity index (χ2v) is 3.89. The van der Waals surface area contributed by atoms with Gasteiger partial charge >= 0.3 is 0 Å². The normalized spacial score (nSPS) is 20.6. The lowest BCUT2D eigenvalue weighted by Crippen LogP contribution is -2.15. The minimum absolute atomic E-state index is 0.769. The third-order valence-corrected chi connectivity index (χ3v) is 2.61. The van der Waals surface area contributed by atoms with Crippen molar-refractivity contribution in [3.63, 3.8) is 0 Å². The molecule has 1 heterocycles. The van der Waals surface area contributed by atoms with Crippen LogP contribution < -0.4 is 5.73 Å². The minimum atomic E-state index is 0.769. The summed E-state index contributed by atoms with van der Waals surface area (Å²) in [5, 5.41) is 0. The van der Waals surface area contributed by atoms with E-state index in [-0.39, 0.29) is 0 Å². The largest absolute Gasteiger partial charge is 0.381 e. The summed E-state index contributed by atoms with van der Waals surface area (Å²) in [6.45, 7) is 4.89. The highest BCUT2D eigenvalue weighted by atomic mass is 16.5. The van der Waals surface area contributed by atoms with Crippen LogP contribution in [0.15, 0.2) is 11.6 Å². The molecular formula is C11H21NO. The first-order chi connectivity index (χ1) is 6.33. The number of hydrogen-bond donors (Lipinski definition) is 1. The summed E-state index contributed by atoms with van der Waals surface area (Å²) in [7, 11) is 0. The van der Waals surface area contributed by atoms with Crippen LogP contribution in [0.25, 0.3) is 0 Å². The van der Waals surface area contributed by atoms with Crippen LogP contribution in [0.4, 0.5) is 0 Å². The van der Waals surface area contributed by atoms with Crippen molar-refractivity contribution in [1.29, 1.82) is 0 Å². The first kappa shape index (κ1) is 10.7. The zero-order chi connectivity index (χ0) is 9.52. The Labute approximate surface area is 81.1 Å². The van der Waals surface area contributed by atoms with Crippen molar-refractivity contribution in [3.8, 4) is 0 Å². The maximum atomic E-state index is 5.45. The van der Waals surface area contributed by atoms with Gasteiger partial charge in [0.15, 0.2) is 0 Å². The van der Waals surface area contributed by atoms with Gasteiger partial charge in [-0.1, -0.05) is 11.6 Å². The molecule has 0 aromatic rings. The van der Waals surface area contributed by atoms with Crippen molar-refractivity contribution in [2.24, 2.45) is 11.7 Å². The van der Waals surface area contributed by atoms with E-state index < -0.39 is 0 Å². The van der Waals surface area contributed by atoms with Crippen LogP contribution in [-0.2, 0) is 4.74 Å². The van der Waals surface area contributed by atoms with Crippen molar-refractivity contribution in [1.82, 2.24) is 0 Å². The van der Waals surface area contributed by atoms with Crippen LogP contribution in [0.2, 0.25) is 0 Å². The van der Waals surface area contributed by atoms with E-state index in [1.807, 2.05) is 0 Å². The van der Waals surface area contributed by atoms with Crippen LogP contribution in [0, 0.1) is 5.92 Å². The molecule has 13 heavy (non-hydrogen) atoms. The summed E-state index contributed by atoms with van der Waals surface area (Å²) in [6.07, 6.45) is 7.00.